The largest absolute Gasteiger partial charge is 0.483 e. The Hall–Kier alpha value is -5.50. The zero-order valence-electron chi connectivity index (χ0n) is 20.9. The van der Waals surface area contributed by atoms with E-state index in [1.807, 2.05) is 0 Å². The molecule has 1 aromatic heterocycles. The van der Waals surface area contributed by atoms with Gasteiger partial charge in [0.1, 0.15) is 29.6 Å². The van der Waals surface area contributed by atoms with Crippen molar-refractivity contribution in [3.63, 3.8) is 0 Å². The average molecular weight is 530 g/mol. The number of esters is 2. The number of nitrogens with zero attached hydrogens (tertiary/aromatic N) is 2. The molecule has 39 heavy (non-hydrogen) atoms. The van der Waals surface area contributed by atoms with Crippen molar-refractivity contribution in [1.29, 1.82) is 5.26 Å². The summed E-state index contributed by atoms with van der Waals surface area (Å²) in [5.41, 5.74) is 6.89. The van der Waals surface area contributed by atoms with Crippen LogP contribution in [0, 0.1) is 11.3 Å². The SMILES string of the molecule is COC(=O)C1=C(C(=O)OC)N(c2ccccc2OCc2ccc(C(=O)O)o2)C(N)=C(C#N)C1c1ccccc1. The number of benzene rings is 2. The van der Waals surface area contributed by atoms with E-state index < -0.39 is 23.8 Å². The lowest BCUT2D eigenvalue weighted by Crippen LogP contribution is -2.41. The highest BCUT2D eigenvalue weighted by Gasteiger charge is 2.43. The second-order valence-corrected chi connectivity index (χ2v) is 8.16. The van der Waals surface area contributed by atoms with Crippen molar-refractivity contribution < 1.29 is 38.1 Å². The molecular weight excluding hydrogens is 506 g/mol. The van der Waals surface area contributed by atoms with Gasteiger partial charge in [-0.1, -0.05) is 42.5 Å². The van der Waals surface area contributed by atoms with Gasteiger partial charge in [-0.25, -0.2) is 14.4 Å². The Balaban J connectivity index is 1.90. The van der Waals surface area contributed by atoms with Crippen molar-refractivity contribution in [2.24, 2.45) is 5.73 Å². The van der Waals surface area contributed by atoms with E-state index in [0.29, 0.717) is 5.56 Å². The van der Waals surface area contributed by atoms with Gasteiger partial charge in [0.05, 0.1) is 43.0 Å². The summed E-state index contributed by atoms with van der Waals surface area (Å²) in [6.07, 6.45) is 0. The Morgan fingerprint density at radius 1 is 1.00 bits per heavy atom. The first kappa shape index (κ1) is 26.6. The van der Waals surface area contributed by atoms with Gasteiger partial charge >= 0.3 is 17.9 Å². The van der Waals surface area contributed by atoms with Gasteiger partial charge in [-0.15, -0.1) is 0 Å². The highest BCUT2D eigenvalue weighted by Crippen LogP contribution is 2.45. The highest BCUT2D eigenvalue weighted by atomic mass is 16.5. The molecule has 0 aliphatic carbocycles. The van der Waals surface area contributed by atoms with Crippen LogP contribution in [-0.2, 0) is 25.7 Å². The summed E-state index contributed by atoms with van der Waals surface area (Å²) >= 11 is 0. The van der Waals surface area contributed by atoms with Crippen LogP contribution < -0.4 is 15.4 Å². The first-order valence-corrected chi connectivity index (χ1v) is 11.5. The van der Waals surface area contributed by atoms with Crippen molar-refractivity contribution in [1.82, 2.24) is 0 Å². The van der Waals surface area contributed by atoms with Crippen molar-refractivity contribution in [2.75, 3.05) is 19.1 Å². The van der Waals surface area contributed by atoms with Crippen LogP contribution in [-0.4, -0.2) is 37.2 Å². The van der Waals surface area contributed by atoms with Crippen molar-refractivity contribution in [3.05, 3.63) is 106 Å². The maximum atomic E-state index is 13.3. The number of aromatic carboxylic acids is 1. The summed E-state index contributed by atoms with van der Waals surface area (Å²) in [6, 6.07) is 19.9. The number of hydrogen-bond donors (Lipinski definition) is 2. The zero-order chi connectivity index (χ0) is 28.1. The molecule has 0 saturated heterocycles. The lowest BCUT2D eigenvalue weighted by molar-refractivity contribution is -0.139. The Kier molecular flexibility index (Phi) is 7.67. The van der Waals surface area contributed by atoms with Crippen LogP contribution in [0.25, 0.3) is 0 Å². The molecule has 2 aromatic carbocycles. The number of ether oxygens (including phenoxy) is 3. The molecule has 0 bridgehead atoms. The summed E-state index contributed by atoms with van der Waals surface area (Å²) in [4.78, 5) is 38.8. The maximum absolute atomic E-state index is 13.3. The molecule has 0 saturated carbocycles. The van der Waals surface area contributed by atoms with E-state index in [1.54, 1.807) is 54.6 Å². The van der Waals surface area contributed by atoms with Gasteiger partial charge in [0.2, 0.25) is 5.76 Å². The molecule has 198 valence electrons. The minimum absolute atomic E-state index is 0.00110. The lowest BCUT2D eigenvalue weighted by atomic mass is 9.81. The molecule has 0 fully saturated rings. The van der Waals surface area contributed by atoms with E-state index in [0.717, 1.165) is 14.2 Å². The van der Waals surface area contributed by atoms with Crippen LogP contribution >= 0.6 is 0 Å². The Bertz CT molecular complexity index is 1530. The first-order chi connectivity index (χ1) is 18.8. The normalized spacial score (nSPS) is 15.0. The minimum Gasteiger partial charge on any atom is -0.483 e. The number of allylic oxidation sites excluding steroid dienone is 1. The van der Waals surface area contributed by atoms with Crippen LogP contribution in [0.3, 0.4) is 0 Å². The Labute approximate surface area is 222 Å². The van der Waals surface area contributed by atoms with Gasteiger partial charge in [0, 0.05) is 0 Å². The predicted molar refractivity (Wildman–Crippen MR) is 136 cm³/mol. The molecule has 11 nitrogen and oxygen atoms in total. The van der Waals surface area contributed by atoms with Crippen LogP contribution in [0.5, 0.6) is 5.75 Å². The van der Waals surface area contributed by atoms with Gasteiger partial charge < -0.3 is 29.5 Å². The summed E-state index contributed by atoms with van der Waals surface area (Å²) in [6.45, 7) is -0.166. The maximum Gasteiger partial charge on any atom is 0.371 e. The monoisotopic (exact) mass is 529 g/mol. The molecule has 1 aliphatic heterocycles. The fraction of sp³-hybridized carbons (Fsp3) is 0.143. The molecule has 3 N–H and O–H groups in total. The molecule has 0 radical (unpaired) electrons. The van der Waals surface area contributed by atoms with E-state index in [-0.39, 0.29) is 52.2 Å². The second-order valence-electron chi connectivity index (χ2n) is 8.16. The molecular formula is C28H23N3O8. The van der Waals surface area contributed by atoms with E-state index in [9.17, 15) is 19.6 Å². The van der Waals surface area contributed by atoms with E-state index in [4.69, 9.17) is 29.5 Å². The second kappa shape index (κ2) is 11.3. The topological polar surface area (TPSA) is 165 Å². The number of carboxylic acid groups (broad SMARTS) is 1. The van der Waals surface area contributed by atoms with Crippen molar-refractivity contribution >= 4 is 23.6 Å². The number of para-hydroxylation sites is 2. The molecule has 3 aromatic rings. The molecule has 4 rings (SSSR count). The number of rotatable bonds is 8. The third kappa shape index (κ3) is 5.03. The van der Waals surface area contributed by atoms with Gasteiger partial charge in [-0.3, -0.25) is 4.90 Å². The molecule has 0 amide bonds. The number of carbonyl (C=O) groups is 3. The molecule has 11 heteroatoms. The van der Waals surface area contributed by atoms with Gasteiger partial charge in [-0.05, 0) is 29.8 Å². The molecule has 1 atom stereocenters. The summed E-state index contributed by atoms with van der Waals surface area (Å²) < 4.78 is 21.2. The Morgan fingerprint density at radius 3 is 2.28 bits per heavy atom. The number of anilines is 1. The summed E-state index contributed by atoms with van der Waals surface area (Å²) in [7, 11) is 2.31. The van der Waals surface area contributed by atoms with Crippen LogP contribution in [0.2, 0.25) is 0 Å². The fourth-order valence-electron chi connectivity index (χ4n) is 4.25. The number of nitrogens with two attached hydrogens (primary N) is 1. The van der Waals surface area contributed by atoms with E-state index >= 15 is 0 Å². The lowest BCUT2D eigenvalue weighted by Gasteiger charge is -2.36. The van der Waals surface area contributed by atoms with E-state index in [1.165, 1.54) is 17.0 Å². The number of nitriles is 1. The predicted octanol–water partition coefficient (Wildman–Crippen LogP) is 3.45. The van der Waals surface area contributed by atoms with E-state index in [2.05, 4.69) is 6.07 Å². The number of methoxy groups -OCH3 is 2. The van der Waals surface area contributed by atoms with Crippen LogP contribution in [0.1, 0.15) is 27.8 Å². The third-order valence-electron chi connectivity index (χ3n) is 5.96. The fourth-order valence-corrected chi connectivity index (χ4v) is 4.25. The molecule has 0 spiro atoms. The van der Waals surface area contributed by atoms with Crippen LogP contribution in [0.4, 0.5) is 5.69 Å². The van der Waals surface area contributed by atoms with Crippen molar-refractivity contribution in [3.8, 4) is 11.8 Å². The van der Waals surface area contributed by atoms with Gasteiger partial charge in [0.25, 0.3) is 0 Å². The van der Waals surface area contributed by atoms with Crippen molar-refractivity contribution in [2.45, 2.75) is 12.5 Å². The molecule has 2 heterocycles. The molecule has 1 unspecified atom stereocenters. The van der Waals surface area contributed by atoms with Crippen LogP contribution in [0.15, 0.2) is 93.8 Å². The number of hydrogen-bond acceptors (Lipinski definition) is 10. The first-order valence-electron chi connectivity index (χ1n) is 11.5. The smallest absolute Gasteiger partial charge is 0.371 e. The summed E-state index contributed by atoms with van der Waals surface area (Å²) in [5.74, 6) is -3.96. The Morgan fingerprint density at radius 2 is 1.67 bits per heavy atom. The molecule has 1 aliphatic rings. The average Bonchev–Trinajstić information content (AvgIpc) is 3.45. The number of carboxylic acids is 1. The van der Waals surface area contributed by atoms with Gasteiger partial charge in [0.15, 0.2) is 0 Å². The standard InChI is InChI=1S/C28H23N3O8/c1-36-27(34)23-22(16-8-4-3-5-9-16)18(14-29)25(30)31(24(23)28(35)37-2)19-10-6-7-11-20(19)38-15-17-12-13-21(39-17)26(32)33/h3-13,22H,15,30H2,1-2H3,(H,32,33). The minimum atomic E-state index is -1.23. The summed E-state index contributed by atoms with van der Waals surface area (Å²) in [5, 5.41) is 19.3. The quantitative estimate of drug-likeness (QED) is 0.410. The highest BCUT2D eigenvalue weighted by molar-refractivity contribution is 6.06. The zero-order valence-corrected chi connectivity index (χ0v) is 20.9. The third-order valence-corrected chi connectivity index (χ3v) is 5.96. The van der Waals surface area contributed by atoms with Gasteiger partial charge in [-0.2, -0.15) is 5.26 Å². The number of carbonyl (C=O) groups excluding carboxylic acids is 2. The number of furan rings is 1.